The predicted molar refractivity (Wildman–Crippen MR) is 61.2 cm³/mol. The molecule has 0 bridgehead atoms. The molecule has 2 heterocycles. The van der Waals surface area contributed by atoms with Crippen molar-refractivity contribution in [3.8, 4) is 0 Å². The number of likely N-dealkylation sites (N-methyl/N-ethyl adjacent to an activating group) is 1. The number of allylic oxidation sites excluding steroid dienone is 1. The Balaban J connectivity index is 1.98. The Morgan fingerprint density at radius 2 is 2.41 bits per heavy atom. The Morgan fingerprint density at radius 3 is 3.12 bits per heavy atom. The molecule has 0 aromatic heterocycles. The van der Waals surface area contributed by atoms with Gasteiger partial charge in [-0.25, -0.2) is 0 Å². The SMILES string of the molecule is CN1N=CC2C(=O)NC(CCCC(=O)O)=CC21. The highest BCUT2D eigenvalue weighted by molar-refractivity contribution is 5.97. The van der Waals surface area contributed by atoms with E-state index in [4.69, 9.17) is 5.11 Å². The number of hydrogen-bond donors (Lipinski definition) is 2. The van der Waals surface area contributed by atoms with E-state index in [1.54, 1.807) is 11.2 Å². The van der Waals surface area contributed by atoms with Crippen LogP contribution in [0.4, 0.5) is 0 Å². The van der Waals surface area contributed by atoms with Crippen LogP contribution in [0.2, 0.25) is 0 Å². The van der Waals surface area contributed by atoms with Crippen molar-refractivity contribution in [1.82, 2.24) is 10.3 Å². The zero-order chi connectivity index (χ0) is 12.4. The topological polar surface area (TPSA) is 82.0 Å². The molecule has 2 unspecified atom stereocenters. The van der Waals surface area contributed by atoms with Gasteiger partial charge in [0.15, 0.2) is 0 Å². The van der Waals surface area contributed by atoms with Crippen molar-refractivity contribution in [3.05, 3.63) is 11.8 Å². The van der Waals surface area contributed by atoms with E-state index < -0.39 is 5.97 Å². The second-order valence-electron chi connectivity index (χ2n) is 4.28. The molecule has 1 amide bonds. The lowest BCUT2D eigenvalue weighted by molar-refractivity contribution is -0.137. The van der Waals surface area contributed by atoms with Crippen LogP contribution >= 0.6 is 0 Å². The van der Waals surface area contributed by atoms with Gasteiger partial charge in [-0.15, -0.1) is 0 Å². The van der Waals surface area contributed by atoms with Crippen LogP contribution in [0, 0.1) is 5.92 Å². The van der Waals surface area contributed by atoms with E-state index in [0.29, 0.717) is 12.8 Å². The van der Waals surface area contributed by atoms with Crippen LogP contribution in [0.25, 0.3) is 0 Å². The molecular formula is C11H15N3O3. The van der Waals surface area contributed by atoms with E-state index in [1.807, 2.05) is 13.1 Å². The zero-order valence-electron chi connectivity index (χ0n) is 9.59. The molecule has 6 nitrogen and oxygen atoms in total. The maximum atomic E-state index is 11.7. The summed E-state index contributed by atoms with van der Waals surface area (Å²) < 4.78 is 0. The number of fused-ring (bicyclic) bond motifs is 1. The molecule has 0 spiro atoms. The van der Waals surface area contributed by atoms with E-state index in [9.17, 15) is 9.59 Å². The lowest BCUT2D eigenvalue weighted by Gasteiger charge is -2.27. The predicted octanol–water partition coefficient (Wildman–Crippen LogP) is 0.171. The summed E-state index contributed by atoms with van der Waals surface area (Å²) in [5, 5.41) is 17.2. The van der Waals surface area contributed by atoms with Gasteiger partial charge in [0.1, 0.15) is 5.92 Å². The molecule has 92 valence electrons. The summed E-state index contributed by atoms with van der Waals surface area (Å²) in [5.74, 6) is -1.09. The molecule has 2 rings (SSSR count). The smallest absolute Gasteiger partial charge is 0.303 e. The molecule has 0 saturated carbocycles. The molecule has 0 saturated heterocycles. The number of carbonyl (C=O) groups is 2. The molecule has 0 aromatic carbocycles. The highest BCUT2D eigenvalue weighted by Gasteiger charge is 2.36. The Bertz CT molecular complexity index is 403. The van der Waals surface area contributed by atoms with Gasteiger partial charge in [-0.05, 0) is 18.9 Å². The third-order valence-corrected chi connectivity index (χ3v) is 3.00. The number of carboxylic acid groups (broad SMARTS) is 1. The van der Waals surface area contributed by atoms with Gasteiger partial charge in [-0.2, -0.15) is 5.10 Å². The minimum absolute atomic E-state index is 0.0245. The fourth-order valence-corrected chi connectivity index (χ4v) is 2.07. The fourth-order valence-electron chi connectivity index (χ4n) is 2.07. The summed E-state index contributed by atoms with van der Waals surface area (Å²) in [6, 6.07) is -0.0245. The Kier molecular flexibility index (Phi) is 3.12. The van der Waals surface area contributed by atoms with Crippen molar-refractivity contribution in [2.24, 2.45) is 11.0 Å². The number of nitrogens with one attached hydrogen (secondary N) is 1. The third kappa shape index (κ3) is 2.46. The van der Waals surface area contributed by atoms with Crippen LogP contribution in [-0.4, -0.2) is 41.3 Å². The van der Waals surface area contributed by atoms with Gasteiger partial charge in [0.05, 0.1) is 6.04 Å². The van der Waals surface area contributed by atoms with Crippen LogP contribution < -0.4 is 5.32 Å². The highest BCUT2D eigenvalue weighted by atomic mass is 16.4. The lowest BCUT2D eigenvalue weighted by atomic mass is 9.95. The second-order valence-corrected chi connectivity index (χ2v) is 4.28. The van der Waals surface area contributed by atoms with E-state index in [-0.39, 0.29) is 24.3 Å². The minimum Gasteiger partial charge on any atom is -0.481 e. The first-order chi connectivity index (χ1) is 8.08. The molecule has 0 fully saturated rings. The number of aliphatic carboxylic acids is 1. The average molecular weight is 237 g/mol. The van der Waals surface area contributed by atoms with Gasteiger partial charge in [-0.1, -0.05) is 0 Å². The molecule has 17 heavy (non-hydrogen) atoms. The number of rotatable bonds is 4. The van der Waals surface area contributed by atoms with Gasteiger partial charge in [0, 0.05) is 25.4 Å². The normalized spacial score (nSPS) is 26.5. The number of nitrogens with zero attached hydrogens (tertiary/aromatic N) is 2. The standard InChI is InChI=1S/C11H15N3O3/c1-14-9-5-7(3-2-4-10(15)16)13-11(17)8(9)6-12-14/h5-6,8-9H,2-4H2,1H3,(H,13,17)(H,15,16). The monoisotopic (exact) mass is 237 g/mol. The summed E-state index contributed by atoms with van der Waals surface area (Å²) in [7, 11) is 1.82. The largest absolute Gasteiger partial charge is 0.481 e. The van der Waals surface area contributed by atoms with E-state index in [0.717, 1.165) is 5.70 Å². The molecular weight excluding hydrogens is 222 g/mol. The number of amides is 1. The Hall–Kier alpha value is -1.85. The van der Waals surface area contributed by atoms with Crippen LogP contribution in [0.1, 0.15) is 19.3 Å². The Labute approximate surface area is 99.0 Å². The van der Waals surface area contributed by atoms with E-state index >= 15 is 0 Å². The van der Waals surface area contributed by atoms with Crippen LogP contribution in [0.15, 0.2) is 16.9 Å². The third-order valence-electron chi connectivity index (χ3n) is 3.00. The van der Waals surface area contributed by atoms with Gasteiger partial charge in [0.25, 0.3) is 0 Å². The van der Waals surface area contributed by atoms with Crippen molar-refractivity contribution >= 4 is 18.1 Å². The molecule has 2 atom stereocenters. The van der Waals surface area contributed by atoms with Crippen molar-refractivity contribution in [3.63, 3.8) is 0 Å². The minimum atomic E-state index is -0.813. The summed E-state index contributed by atoms with van der Waals surface area (Å²) in [4.78, 5) is 22.1. The zero-order valence-corrected chi connectivity index (χ0v) is 9.59. The highest BCUT2D eigenvalue weighted by Crippen LogP contribution is 2.23. The summed E-state index contributed by atoms with van der Waals surface area (Å²) >= 11 is 0. The van der Waals surface area contributed by atoms with Crippen LogP contribution in [0.3, 0.4) is 0 Å². The van der Waals surface area contributed by atoms with Crippen molar-refractivity contribution in [1.29, 1.82) is 0 Å². The van der Waals surface area contributed by atoms with E-state index in [2.05, 4.69) is 10.4 Å². The molecule has 2 aliphatic rings. The molecule has 0 radical (unpaired) electrons. The molecule has 2 N–H and O–H groups in total. The molecule has 0 aromatic rings. The van der Waals surface area contributed by atoms with E-state index in [1.165, 1.54) is 0 Å². The number of carboxylic acids is 1. The first-order valence-corrected chi connectivity index (χ1v) is 5.58. The first kappa shape index (κ1) is 11.6. The van der Waals surface area contributed by atoms with Crippen LogP contribution in [-0.2, 0) is 9.59 Å². The maximum absolute atomic E-state index is 11.7. The lowest BCUT2D eigenvalue weighted by Crippen LogP contribution is -2.44. The second kappa shape index (κ2) is 4.57. The van der Waals surface area contributed by atoms with Gasteiger partial charge >= 0.3 is 5.97 Å². The molecule has 2 aliphatic heterocycles. The maximum Gasteiger partial charge on any atom is 0.303 e. The van der Waals surface area contributed by atoms with Crippen molar-refractivity contribution in [2.45, 2.75) is 25.3 Å². The van der Waals surface area contributed by atoms with Gasteiger partial charge in [-0.3, -0.25) is 14.6 Å². The summed E-state index contributed by atoms with van der Waals surface area (Å²) in [6.07, 6.45) is 4.83. The van der Waals surface area contributed by atoms with Crippen molar-refractivity contribution < 1.29 is 14.7 Å². The molecule has 0 aliphatic carbocycles. The molecule has 6 heteroatoms. The number of hydrogen-bond acceptors (Lipinski definition) is 4. The quantitative estimate of drug-likeness (QED) is 0.730. The summed E-state index contributed by atoms with van der Waals surface area (Å²) in [6.45, 7) is 0. The average Bonchev–Trinajstić information content (AvgIpc) is 2.61. The van der Waals surface area contributed by atoms with Gasteiger partial charge in [0.2, 0.25) is 5.91 Å². The number of carbonyl (C=O) groups excluding carboxylic acids is 1. The number of hydrazone groups is 1. The summed E-state index contributed by atoms with van der Waals surface area (Å²) in [5.41, 5.74) is 0.801. The van der Waals surface area contributed by atoms with Gasteiger partial charge < -0.3 is 10.4 Å². The van der Waals surface area contributed by atoms with Crippen LogP contribution in [0.5, 0.6) is 0 Å². The Morgan fingerprint density at radius 1 is 1.65 bits per heavy atom. The first-order valence-electron chi connectivity index (χ1n) is 5.58. The fraction of sp³-hybridized carbons (Fsp3) is 0.545. The van der Waals surface area contributed by atoms with Crippen molar-refractivity contribution in [2.75, 3.05) is 7.05 Å².